The molecule has 86 heavy (non-hydrogen) atoms. The van der Waals surface area contributed by atoms with Crippen molar-refractivity contribution in [1.82, 2.24) is 0 Å². The molecule has 0 amide bonds. The maximum Gasteiger partial charge on any atom is 0.472 e. The summed E-state index contributed by atoms with van der Waals surface area (Å²) in [7, 11) is -9.89. The van der Waals surface area contributed by atoms with Crippen molar-refractivity contribution in [3.05, 3.63) is 0 Å². The Bertz CT molecular complexity index is 1700. The number of hydrogen-bond acceptors (Lipinski definition) is 15. The lowest BCUT2D eigenvalue weighted by Crippen LogP contribution is -2.30. The molecule has 0 aromatic carbocycles. The zero-order valence-corrected chi connectivity index (χ0v) is 57.6. The van der Waals surface area contributed by atoms with Crippen LogP contribution in [-0.4, -0.2) is 96.7 Å². The van der Waals surface area contributed by atoms with E-state index in [9.17, 15) is 43.2 Å². The monoisotopic (exact) mass is 1270 g/mol. The molecule has 0 bridgehead atoms. The highest BCUT2D eigenvalue weighted by Crippen LogP contribution is 2.45. The van der Waals surface area contributed by atoms with Gasteiger partial charge in [-0.15, -0.1) is 0 Å². The molecular weight excluding hydrogens is 1140 g/mol. The van der Waals surface area contributed by atoms with E-state index in [1.165, 1.54) is 141 Å². The van der Waals surface area contributed by atoms with Crippen molar-refractivity contribution in [2.24, 2.45) is 17.8 Å². The number of unbranched alkanes of at least 4 members (excludes halogenated alkanes) is 32. The Hall–Kier alpha value is -1.94. The third-order valence-electron chi connectivity index (χ3n) is 15.7. The molecular formula is C67H130O17P2. The fourth-order valence-corrected chi connectivity index (χ4v) is 11.6. The lowest BCUT2D eigenvalue weighted by atomic mass is 9.99. The Morgan fingerprint density at radius 1 is 0.337 bits per heavy atom. The number of hydrogen-bond donors (Lipinski definition) is 3. The first-order valence-electron chi connectivity index (χ1n) is 34.9. The molecule has 0 rings (SSSR count). The molecule has 0 aliphatic rings. The Kier molecular flexibility index (Phi) is 56.9. The zero-order chi connectivity index (χ0) is 63.8. The van der Waals surface area contributed by atoms with Gasteiger partial charge in [0.1, 0.15) is 19.3 Å². The van der Waals surface area contributed by atoms with E-state index < -0.39 is 97.5 Å². The van der Waals surface area contributed by atoms with Gasteiger partial charge in [-0.25, -0.2) is 9.13 Å². The highest BCUT2D eigenvalue weighted by molar-refractivity contribution is 7.47. The van der Waals surface area contributed by atoms with E-state index in [0.29, 0.717) is 25.7 Å². The van der Waals surface area contributed by atoms with Crippen LogP contribution in [0.2, 0.25) is 0 Å². The van der Waals surface area contributed by atoms with Crippen LogP contribution in [0.1, 0.15) is 331 Å². The molecule has 0 aliphatic carbocycles. The number of rotatable bonds is 65. The normalized spacial score (nSPS) is 14.6. The maximum atomic E-state index is 13.0. The largest absolute Gasteiger partial charge is 0.472 e. The molecule has 0 saturated carbocycles. The molecule has 0 radical (unpaired) electrons. The fourth-order valence-electron chi connectivity index (χ4n) is 9.98. The van der Waals surface area contributed by atoms with Gasteiger partial charge >= 0.3 is 39.5 Å². The van der Waals surface area contributed by atoms with Crippen LogP contribution in [0.4, 0.5) is 0 Å². The van der Waals surface area contributed by atoms with E-state index >= 15 is 0 Å². The van der Waals surface area contributed by atoms with Crippen molar-refractivity contribution in [3.63, 3.8) is 0 Å². The van der Waals surface area contributed by atoms with Gasteiger partial charge in [0.05, 0.1) is 26.4 Å². The van der Waals surface area contributed by atoms with Crippen LogP contribution in [-0.2, 0) is 65.4 Å². The Morgan fingerprint density at radius 3 is 0.884 bits per heavy atom. The molecule has 0 saturated heterocycles. The molecule has 0 fully saturated rings. The first-order chi connectivity index (χ1) is 41.3. The Labute approximate surface area is 524 Å². The molecule has 3 unspecified atom stereocenters. The Morgan fingerprint density at radius 2 is 0.593 bits per heavy atom. The highest BCUT2D eigenvalue weighted by Gasteiger charge is 2.30. The van der Waals surface area contributed by atoms with Crippen LogP contribution in [0.15, 0.2) is 0 Å². The van der Waals surface area contributed by atoms with Crippen molar-refractivity contribution in [3.8, 4) is 0 Å². The third-order valence-corrected chi connectivity index (χ3v) is 17.6. The van der Waals surface area contributed by atoms with E-state index in [1.807, 2.05) is 0 Å². The van der Waals surface area contributed by atoms with E-state index in [4.69, 9.17) is 37.0 Å². The Balaban J connectivity index is 5.25. The van der Waals surface area contributed by atoms with Gasteiger partial charge < -0.3 is 33.8 Å². The molecule has 19 heteroatoms. The number of carbonyl (C=O) groups is 4. The van der Waals surface area contributed by atoms with Gasteiger partial charge in [-0.2, -0.15) is 0 Å². The van der Waals surface area contributed by atoms with Crippen molar-refractivity contribution >= 4 is 39.5 Å². The van der Waals surface area contributed by atoms with Crippen LogP contribution in [0.3, 0.4) is 0 Å². The smallest absolute Gasteiger partial charge is 0.462 e. The van der Waals surface area contributed by atoms with Crippen molar-refractivity contribution in [1.29, 1.82) is 0 Å². The van der Waals surface area contributed by atoms with Crippen molar-refractivity contribution < 1.29 is 80.2 Å². The minimum atomic E-state index is -4.95. The minimum absolute atomic E-state index is 0.104. The number of ether oxygens (including phenoxy) is 4. The van der Waals surface area contributed by atoms with Crippen LogP contribution in [0, 0.1) is 17.8 Å². The van der Waals surface area contributed by atoms with E-state index in [1.54, 1.807) is 0 Å². The molecule has 17 nitrogen and oxygen atoms in total. The lowest BCUT2D eigenvalue weighted by Gasteiger charge is -2.21. The first kappa shape index (κ1) is 84.1. The van der Waals surface area contributed by atoms with E-state index in [2.05, 4.69) is 48.5 Å². The van der Waals surface area contributed by atoms with Crippen LogP contribution in [0.25, 0.3) is 0 Å². The van der Waals surface area contributed by atoms with Crippen LogP contribution < -0.4 is 0 Å². The predicted molar refractivity (Wildman–Crippen MR) is 344 cm³/mol. The van der Waals surface area contributed by atoms with Crippen LogP contribution >= 0.6 is 15.6 Å². The van der Waals surface area contributed by atoms with Crippen LogP contribution in [0.5, 0.6) is 0 Å². The number of carbonyl (C=O) groups excluding carboxylic acids is 4. The molecule has 3 N–H and O–H groups in total. The lowest BCUT2D eigenvalue weighted by molar-refractivity contribution is -0.161. The van der Waals surface area contributed by atoms with Gasteiger partial charge in [0.15, 0.2) is 12.2 Å². The predicted octanol–water partition coefficient (Wildman–Crippen LogP) is 18.7. The number of aliphatic hydroxyl groups is 1. The number of esters is 4. The second-order valence-electron chi connectivity index (χ2n) is 25.4. The summed E-state index contributed by atoms with van der Waals surface area (Å²) < 4.78 is 68.1. The van der Waals surface area contributed by atoms with Gasteiger partial charge in [0.2, 0.25) is 0 Å². The van der Waals surface area contributed by atoms with Crippen molar-refractivity contribution in [2.75, 3.05) is 39.6 Å². The summed E-state index contributed by atoms with van der Waals surface area (Å²) in [5.74, 6) is 0.132. The molecule has 510 valence electrons. The summed E-state index contributed by atoms with van der Waals surface area (Å²) in [6.45, 7) is 11.8. The topological polar surface area (TPSA) is 237 Å². The average Bonchev–Trinajstić information content (AvgIpc) is 3.67. The minimum Gasteiger partial charge on any atom is -0.462 e. The van der Waals surface area contributed by atoms with Crippen molar-refractivity contribution in [2.45, 2.75) is 349 Å². The average molecular weight is 1270 g/mol. The number of phosphoric ester groups is 2. The number of phosphoric acid groups is 2. The van der Waals surface area contributed by atoms with Gasteiger partial charge in [0.25, 0.3) is 0 Å². The second kappa shape index (κ2) is 58.2. The second-order valence-corrected chi connectivity index (χ2v) is 28.3. The summed E-state index contributed by atoms with van der Waals surface area (Å²) in [6.07, 6.45) is 40.2. The molecule has 0 aromatic rings. The molecule has 0 heterocycles. The zero-order valence-electron chi connectivity index (χ0n) is 55.8. The highest BCUT2D eigenvalue weighted by atomic mass is 31.2. The van der Waals surface area contributed by atoms with Gasteiger partial charge in [-0.3, -0.25) is 37.3 Å². The SMILES string of the molecule is CCCCCCCCCCCC(=O)OC[C@H](COP(=O)(O)OC[C@H](O)COP(=O)(O)OC[C@@H](COC(=O)CCCCCCCCCCCC(C)C)OC(=O)CCCCCCCCCCCCC(C)CC)OC(=O)CCCCCCCCCCC(C)C. The molecule has 0 spiro atoms. The third kappa shape index (κ3) is 59.7. The standard InChI is InChI=1S/C67H130O17P2/c1-8-10-11-12-13-17-27-34-41-48-64(69)77-54-63(84-67(72)51-44-37-30-23-22-25-32-39-46-59(5)6)57-82-86(75,76)80-53-61(68)52-79-85(73,74)81-56-62(55-78-65(70)49-42-35-28-21-16-18-24-31-38-45-58(3)4)83-66(71)50-43-36-29-20-15-14-19-26-33-40-47-60(7)9-2/h58-63,68H,8-57H2,1-7H3,(H,73,74)(H,75,76)/t60?,61-,62-,63-/m1/s1. The van der Waals surface area contributed by atoms with Gasteiger partial charge in [0, 0.05) is 25.7 Å². The van der Waals surface area contributed by atoms with Gasteiger partial charge in [-0.05, 0) is 43.4 Å². The molecule has 0 aromatic heterocycles. The maximum absolute atomic E-state index is 13.0. The summed E-state index contributed by atoms with van der Waals surface area (Å²) in [5.41, 5.74) is 0. The summed E-state index contributed by atoms with van der Waals surface area (Å²) >= 11 is 0. The first-order valence-corrected chi connectivity index (χ1v) is 37.9. The fraction of sp³-hybridized carbons (Fsp3) is 0.940. The summed E-state index contributed by atoms with van der Waals surface area (Å²) in [5, 5.41) is 10.6. The van der Waals surface area contributed by atoms with E-state index in [0.717, 1.165) is 108 Å². The summed E-state index contributed by atoms with van der Waals surface area (Å²) in [4.78, 5) is 72.3. The van der Waals surface area contributed by atoms with E-state index in [-0.39, 0.29) is 25.7 Å². The number of aliphatic hydroxyl groups excluding tert-OH is 1. The molecule has 0 aliphatic heterocycles. The van der Waals surface area contributed by atoms with Gasteiger partial charge in [-0.1, -0.05) is 280 Å². The summed E-state index contributed by atoms with van der Waals surface area (Å²) in [6, 6.07) is 0. The quantitative estimate of drug-likeness (QED) is 0.0222. The molecule has 6 atom stereocenters.